The number of carbonyl (C=O) groups excluding carboxylic acids is 1. The summed E-state index contributed by atoms with van der Waals surface area (Å²) in [6.45, 7) is 4.70. The van der Waals surface area contributed by atoms with E-state index in [4.69, 9.17) is 0 Å². The largest absolute Gasteiger partial charge is 0.312 e. The number of amides is 1. The molecule has 1 amide bonds. The van der Waals surface area contributed by atoms with E-state index in [2.05, 4.69) is 17.1 Å². The number of anilines is 1. The maximum absolute atomic E-state index is 12.8. The number of hydrogen-bond donors (Lipinski definition) is 0. The van der Waals surface area contributed by atoms with Crippen molar-refractivity contribution in [2.75, 3.05) is 11.4 Å². The molecule has 3 aromatic rings. The van der Waals surface area contributed by atoms with Gasteiger partial charge in [-0.1, -0.05) is 48.5 Å². The van der Waals surface area contributed by atoms with E-state index in [-0.39, 0.29) is 5.91 Å². The third-order valence-electron chi connectivity index (χ3n) is 4.15. The van der Waals surface area contributed by atoms with Crippen LogP contribution < -0.4 is 4.90 Å². The van der Waals surface area contributed by atoms with Gasteiger partial charge in [0.05, 0.1) is 17.1 Å². The van der Waals surface area contributed by atoms with Gasteiger partial charge in [0.2, 0.25) is 5.91 Å². The van der Waals surface area contributed by atoms with E-state index < -0.39 is 0 Å². The van der Waals surface area contributed by atoms with E-state index in [0.29, 0.717) is 13.0 Å². The summed E-state index contributed by atoms with van der Waals surface area (Å²) in [5.74, 6) is 0.0911. The molecule has 0 aliphatic rings. The van der Waals surface area contributed by atoms with Crippen molar-refractivity contribution in [1.29, 1.82) is 0 Å². The number of nitrogens with zero attached hydrogens (tertiary/aromatic N) is 2. The van der Waals surface area contributed by atoms with E-state index in [0.717, 1.165) is 28.4 Å². The Bertz CT molecular complexity index is 842. The van der Waals surface area contributed by atoms with Crippen LogP contribution in [0.2, 0.25) is 0 Å². The summed E-state index contributed by atoms with van der Waals surface area (Å²) in [6, 6.07) is 18.3. The molecule has 0 spiro atoms. The molecule has 0 aliphatic carbocycles. The van der Waals surface area contributed by atoms with Gasteiger partial charge in [-0.15, -0.1) is 11.3 Å². The molecule has 0 unspecified atom stereocenters. The molecular formula is C21H22N2OS. The molecule has 25 heavy (non-hydrogen) atoms. The van der Waals surface area contributed by atoms with Gasteiger partial charge in [-0.2, -0.15) is 0 Å². The van der Waals surface area contributed by atoms with Crippen LogP contribution in [0.1, 0.15) is 28.8 Å². The molecule has 0 aliphatic heterocycles. The summed E-state index contributed by atoms with van der Waals surface area (Å²) in [5, 5.41) is 3.05. The molecule has 0 saturated heterocycles. The molecule has 4 heteroatoms. The van der Waals surface area contributed by atoms with E-state index in [9.17, 15) is 4.79 Å². The van der Waals surface area contributed by atoms with Crippen molar-refractivity contribution >= 4 is 22.9 Å². The van der Waals surface area contributed by atoms with Crippen molar-refractivity contribution in [2.24, 2.45) is 0 Å². The second-order valence-corrected chi connectivity index (χ2v) is 6.94. The number of aromatic nitrogens is 1. The van der Waals surface area contributed by atoms with Crippen LogP contribution in [0.25, 0.3) is 0 Å². The van der Waals surface area contributed by atoms with Crippen LogP contribution >= 0.6 is 11.3 Å². The number of benzene rings is 2. The summed E-state index contributed by atoms with van der Waals surface area (Å²) in [7, 11) is 0. The summed E-state index contributed by atoms with van der Waals surface area (Å²) in [4.78, 5) is 19.2. The molecule has 2 aromatic carbocycles. The predicted octanol–water partition coefficient (Wildman–Crippen LogP) is 4.64. The van der Waals surface area contributed by atoms with Crippen molar-refractivity contribution in [3.05, 3.63) is 81.8 Å². The summed E-state index contributed by atoms with van der Waals surface area (Å²) in [5.41, 5.74) is 4.19. The third-order valence-corrected chi connectivity index (χ3v) is 5.05. The molecule has 0 saturated carbocycles. The van der Waals surface area contributed by atoms with E-state index in [1.54, 1.807) is 11.3 Å². The van der Waals surface area contributed by atoms with Gasteiger partial charge in [-0.3, -0.25) is 4.79 Å². The molecular weight excluding hydrogens is 328 g/mol. The van der Waals surface area contributed by atoms with Crippen molar-refractivity contribution in [3.8, 4) is 0 Å². The minimum Gasteiger partial charge on any atom is -0.312 e. The summed E-state index contributed by atoms with van der Waals surface area (Å²) >= 11 is 1.62. The fraction of sp³-hybridized carbons (Fsp3) is 0.238. The van der Waals surface area contributed by atoms with Crippen LogP contribution in [0.3, 0.4) is 0 Å². The monoisotopic (exact) mass is 350 g/mol. The number of hydrogen-bond acceptors (Lipinski definition) is 3. The fourth-order valence-corrected chi connectivity index (χ4v) is 3.71. The molecule has 0 atom stereocenters. The number of thiazole rings is 1. The Hall–Kier alpha value is -2.46. The number of para-hydroxylation sites is 1. The first kappa shape index (κ1) is 17.4. The van der Waals surface area contributed by atoms with Gasteiger partial charge in [0.25, 0.3) is 0 Å². The van der Waals surface area contributed by atoms with Crippen molar-refractivity contribution in [3.63, 3.8) is 0 Å². The lowest BCUT2D eigenvalue weighted by molar-refractivity contribution is -0.118. The smallest absolute Gasteiger partial charge is 0.233 e. The highest BCUT2D eigenvalue weighted by atomic mass is 32.1. The minimum absolute atomic E-state index is 0.0911. The van der Waals surface area contributed by atoms with Crippen LogP contribution in [0.4, 0.5) is 5.69 Å². The first-order valence-corrected chi connectivity index (χ1v) is 9.38. The van der Waals surface area contributed by atoms with E-state index in [1.165, 1.54) is 5.56 Å². The van der Waals surface area contributed by atoms with Crippen molar-refractivity contribution < 1.29 is 4.79 Å². The van der Waals surface area contributed by atoms with Gasteiger partial charge in [0.15, 0.2) is 0 Å². The maximum Gasteiger partial charge on any atom is 0.233 e. The molecule has 1 aromatic heterocycles. The van der Waals surface area contributed by atoms with Crippen LogP contribution in [-0.4, -0.2) is 17.4 Å². The Morgan fingerprint density at radius 1 is 1.08 bits per heavy atom. The molecule has 0 fully saturated rings. The van der Waals surface area contributed by atoms with Gasteiger partial charge in [-0.05, 0) is 31.0 Å². The average molecular weight is 350 g/mol. The molecule has 3 rings (SSSR count). The van der Waals surface area contributed by atoms with E-state index in [1.807, 2.05) is 66.6 Å². The average Bonchev–Trinajstić information content (AvgIpc) is 3.05. The highest BCUT2D eigenvalue weighted by Crippen LogP contribution is 2.21. The van der Waals surface area contributed by atoms with Gasteiger partial charge in [-0.25, -0.2) is 4.98 Å². The maximum atomic E-state index is 12.8. The second kappa shape index (κ2) is 8.08. The van der Waals surface area contributed by atoms with Crippen LogP contribution in [0, 0.1) is 6.92 Å². The lowest BCUT2D eigenvalue weighted by atomic mass is 10.1. The Morgan fingerprint density at radius 2 is 1.80 bits per heavy atom. The van der Waals surface area contributed by atoms with Crippen molar-refractivity contribution in [1.82, 2.24) is 4.98 Å². The van der Waals surface area contributed by atoms with Gasteiger partial charge >= 0.3 is 0 Å². The minimum atomic E-state index is 0.0911. The zero-order chi connectivity index (χ0) is 17.6. The topological polar surface area (TPSA) is 33.2 Å². The predicted molar refractivity (Wildman–Crippen MR) is 104 cm³/mol. The Balaban J connectivity index is 1.69. The molecule has 0 N–H and O–H groups in total. The van der Waals surface area contributed by atoms with E-state index >= 15 is 0 Å². The highest BCUT2D eigenvalue weighted by Gasteiger charge is 2.17. The quantitative estimate of drug-likeness (QED) is 0.649. The normalized spacial score (nSPS) is 10.6. The number of carbonyl (C=O) groups is 1. The summed E-state index contributed by atoms with van der Waals surface area (Å²) < 4.78 is 0. The molecule has 0 radical (unpaired) electrons. The van der Waals surface area contributed by atoms with Crippen LogP contribution in [-0.2, 0) is 17.6 Å². The zero-order valence-electron chi connectivity index (χ0n) is 14.6. The number of rotatable bonds is 6. The Kier molecular flexibility index (Phi) is 5.61. The lowest BCUT2D eigenvalue weighted by Gasteiger charge is -2.22. The molecule has 3 nitrogen and oxygen atoms in total. The number of aryl methyl sites for hydroxylation is 1. The van der Waals surface area contributed by atoms with Crippen molar-refractivity contribution in [2.45, 2.75) is 26.7 Å². The van der Waals surface area contributed by atoms with Gasteiger partial charge < -0.3 is 4.90 Å². The summed E-state index contributed by atoms with van der Waals surface area (Å²) in [6.07, 6.45) is 1.16. The second-order valence-electron chi connectivity index (χ2n) is 6.00. The Labute approximate surface area is 153 Å². The Morgan fingerprint density at radius 3 is 2.52 bits per heavy atom. The molecule has 1 heterocycles. The highest BCUT2D eigenvalue weighted by molar-refractivity contribution is 7.09. The lowest BCUT2D eigenvalue weighted by Crippen LogP contribution is -2.32. The zero-order valence-corrected chi connectivity index (χ0v) is 15.4. The van der Waals surface area contributed by atoms with Crippen LogP contribution in [0.5, 0.6) is 0 Å². The first-order chi connectivity index (χ1) is 12.2. The third kappa shape index (κ3) is 4.34. The van der Waals surface area contributed by atoms with Gasteiger partial charge in [0.1, 0.15) is 0 Å². The standard InChI is InChI=1S/C21H22N2OS/c1-3-23(19-12-8-7-9-16(19)2)21(24)14-18-15-25-20(22-18)13-17-10-5-4-6-11-17/h4-12,15H,3,13-14H2,1-2H3. The molecule has 128 valence electrons. The van der Waals surface area contributed by atoms with Gasteiger partial charge in [0, 0.05) is 24.0 Å². The first-order valence-electron chi connectivity index (χ1n) is 8.50. The SMILES string of the molecule is CCN(C(=O)Cc1csc(Cc2ccccc2)n1)c1ccccc1C. The number of likely N-dealkylation sites (N-methyl/N-ethyl adjacent to an activating group) is 1. The fourth-order valence-electron chi connectivity index (χ4n) is 2.88. The van der Waals surface area contributed by atoms with Crippen LogP contribution in [0.15, 0.2) is 60.0 Å². The molecule has 0 bridgehead atoms.